The van der Waals surface area contributed by atoms with Crippen LogP contribution >= 0.6 is 0 Å². The Morgan fingerprint density at radius 2 is 1.19 bits per heavy atom. The van der Waals surface area contributed by atoms with Gasteiger partial charge in [0.2, 0.25) is 0 Å². The molecule has 5 aromatic rings. The lowest BCUT2D eigenvalue weighted by Gasteiger charge is -2.07. The van der Waals surface area contributed by atoms with Crippen LogP contribution in [0.4, 0.5) is 5.69 Å². The van der Waals surface area contributed by atoms with Crippen molar-refractivity contribution in [3.05, 3.63) is 114 Å². The third kappa shape index (κ3) is 4.02. The van der Waals surface area contributed by atoms with Crippen molar-refractivity contribution in [1.82, 2.24) is 19.9 Å². The van der Waals surface area contributed by atoms with Gasteiger partial charge >= 0.3 is 0 Å². The fourth-order valence-corrected chi connectivity index (χ4v) is 4.89. The first-order valence-electron chi connectivity index (χ1n) is 12.2. The predicted octanol–water partition coefficient (Wildman–Crippen LogP) is 7.57. The fourth-order valence-electron chi connectivity index (χ4n) is 4.89. The Morgan fingerprint density at radius 1 is 0.541 bits per heavy atom. The first-order valence-corrected chi connectivity index (χ1v) is 12.2. The van der Waals surface area contributed by atoms with E-state index in [4.69, 9.17) is 15.7 Å². The Labute approximate surface area is 213 Å². The number of hydrogen-bond acceptors (Lipinski definition) is 3. The summed E-state index contributed by atoms with van der Waals surface area (Å²) in [6, 6.07) is 30.9. The molecule has 37 heavy (non-hydrogen) atoms. The maximum atomic E-state index is 6.01. The number of aromatic nitrogens is 4. The number of hydrogen-bond donors (Lipinski definition) is 3. The van der Waals surface area contributed by atoms with Gasteiger partial charge in [0, 0.05) is 33.4 Å². The van der Waals surface area contributed by atoms with Gasteiger partial charge in [-0.1, -0.05) is 42.5 Å². The van der Waals surface area contributed by atoms with E-state index in [2.05, 4.69) is 88.9 Å². The molecule has 2 aliphatic heterocycles. The van der Waals surface area contributed by atoms with Gasteiger partial charge in [0.25, 0.3) is 0 Å². The number of benzene rings is 2. The van der Waals surface area contributed by atoms with Crippen molar-refractivity contribution in [2.24, 2.45) is 0 Å². The van der Waals surface area contributed by atoms with Crippen LogP contribution in [0.3, 0.4) is 0 Å². The number of aromatic amines is 2. The summed E-state index contributed by atoms with van der Waals surface area (Å²) in [7, 11) is 0. The van der Waals surface area contributed by atoms with Crippen molar-refractivity contribution in [2.45, 2.75) is 0 Å². The highest BCUT2D eigenvalue weighted by molar-refractivity contribution is 5.99. The third-order valence-electron chi connectivity index (χ3n) is 6.61. The van der Waals surface area contributed by atoms with Crippen LogP contribution in [-0.2, 0) is 0 Å². The Morgan fingerprint density at radius 3 is 1.92 bits per heavy atom. The minimum absolute atomic E-state index is 0.736. The van der Waals surface area contributed by atoms with Crippen LogP contribution in [0.2, 0.25) is 0 Å². The summed E-state index contributed by atoms with van der Waals surface area (Å²) >= 11 is 0. The summed E-state index contributed by atoms with van der Waals surface area (Å²) in [6.45, 7) is 0. The molecule has 3 aromatic heterocycles. The number of rotatable bonds is 2. The number of nitrogens with one attached hydrogen (secondary N) is 2. The predicted molar refractivity (Wildman–Crippen MR) is 154 cm³/mol. The van der Waals surface area contributed by atoms with Crippen molar-refractivity contribution in [3.63, 3.8) is 0 Å². The molecule has 0 saturated heterocycles. The maximum Gasteiger partial charge on any atom is 0.0737 e. The number of nitrogens with zero attached hydrogens (tertiary/aromatic N) is 2. The van der Waals surface area contributed by atoms with E-state index in [1.165, 1.54) is 0 Å². The molecular formula is C32H23N5. The van der Waals surface area contributed by atoms with Crippen LogP contribution in [0, 0.1) is 0 Å². The van der Waals surface area contributed by atoms with Gasteiger partial charge in [0.1, 0.15) is 0 Å². The van der Waals surface area contributed by atoms with E-state index in [9.17, 15) is 0 Å². The molecule has 5 nitrogen and oxygen atoms in total. The van der Waals surface area contributed by atoms with Crippen molar-refractivity contribution in [3.8, 4) is 22.3 Å². The van der Waals surface area contributed by atoms with Crippen molar-refractivity contribution < 1.29 is 0 Å². The molecule has 0 radical (unpaired) electrons. The minimum atomic E-state index is 0.736. The lowest BCUT2D eigenvalue weighted by molar-refractivity contribution is 1.31. The summed E-state index contributed by atoms with van der Waals surface area (Å²) in [5.41, 5.74) is 18.6. The summed E-state index contributed by atoms with van der Waals surface area (Å²) in [5, 5.41) is 0. The topological polar surface area (TPSA) is 83.4 Å². The second-order valence-corrected chi connectivity index (χ2v) is 9.23. The van der Waals surface area contributed by atoms with Gasteiger partial charge in [-0.05, 0) is 84.0 Å². The zero-order valence-corrected chi connectivity index (χ0v) is 19.9. The van der Waals surface area contributed by atoms with Crippen molar-refractivity contribution in [1.29, 1.82) is 0 Å². The van der Waals surface area contributed by atoms with Crippen molar-refractivity contribution in [2.75, 3.05) is 5.73 Å². The molecule has 8 bridgehead atoms. The lowest BCUT2D eigenvalue weighted by Crippen LogP contribution is -1.88. The van der Waals surface area contributed by atoms with Gasteiger partial charge in [0.05, 0.1) is 28.3 Å². The van der Waals surface area contributed by atoms with E-state index in [0.29, 0.717) is 0 Å². The highest BCUT2D eigenvalue weighted by atomic mass is 14.8. The molecule has 4 N–H and O–H groups in total. The molecule has 0 aliphatic carbocycles. The van der Waals surface area contributed by atoms with Crippen molar-refractivity contribution >= 4 is 52.1 Å². The Balaban J connectivity index is 1.64. The molecule has 176 valence electrons. The van der Waals surface area contributed by atoms with E-state index in [1.807, 2.05) is 36.4 Å². The van der Waals surface area contributed by atoms with E-state index in [1.54, 1.807) is 0 Å². The lowest BCUT2D eigenvalue weighted by atomic mass is 9.99. The quantitative estimate of drug-likeness (QED) is 0.225. The average molecular weight is 478 g/mol. The highest BCUT2D eigenvalue weighted by Gasteiger charge is 2.15. The summed E-state index contributed by atoms with van der Waals surface area (Å²) in [5.74, 6) is 0. The monoisotopic (exact) mass is 477 g/mol. The summed E-state index contributed by atoms with van der Waals surface area (Å²) in [6.07, 6.45) is 8.22. The zero-order chi connectivity index (χ0) is 24.8. The van der Waals surface area contributed by atoms with E-state index >= 15 is 0 Å². The van der Waals surface area contributed by atoms with Crippen LogP contribution < -0.4 is 5.73 Å². The average Bonchev–Trinajstić information content (AvgIpc) is 3.71. The SMILES string of the molecule is Nc1ccc(-c2cc3cc4nc(cc5ccc(cc6nc(c(-c7ccccc7)c2[nH]3)C=C6)[nH]5)C=C4)cc1. The van der Waals surface area contributed by atoms with Gasteiger partial charge < -0.3 is 15.7 Å². The van der Waals surface area contributed by atoms with Crippen LogP contribution in [0.1, 0.15) is 22.8 Å². The number of fused-ring (bicyclic) bond motifs is 8. The summed E-state index contributed by atoms with van der Waals surface area (Å²) < 4.78 is 0. The Kier molecular flexibility index (Phi) is 4.86. The van der Waals surface area contributed by atoms with E-state index in [0.717, 1.165) is 72.8 Å². The number of nitrogen functional groups attached to an aromatic ring is 1. The van der Waals surface area contributed by atoms with Crippen LogP contribution in [-0.4, -0.2) is 19.9 Å². The molecule has 5 heterocycles. The van der Waals surface area contributed by atoms with E-state index < -0.39 is 0 Å². The standard InChI is InChI=1S/C32H23N5/c33-22-8-6-20(7-9-22)29-19-28-18-26-13-12-24(35-26)16-23-10-11-25(34-23)17-27-14-15-30(36-27)31(32(29)37-28)21-4-2-1-3-5-21/h1-19,34,37H,33H2. The normalized spacial score (nSPS) is 12.2. The molecule has 0 saturated carbocycles. The van der Waals surface area contributed by atoms with Gasteiger partial charge in [-0.2, -0.15) is 0 Å². The Bertz CT molecular complexity index is 1870. The maximum absolute atomic E-state index is 6.01. The molecular weight excluding hydrogens is 454 g/mol. The van der Waals surface area contributed by atoms with Gasteiger partial charge in [0.15, 0.2) is 0 Å². The molecule has 2 aromatic carbocycles. The Hall–Kier alpha value is -5.16. The van der Waals surface area contributed by atoms with Gasteiger partial charge in [-0.15, -0.1) is 0 Å². The van der Waals surface area contributed by atoms with Crippen LogP contribution in [0.25, 0.3) is 68.6 Å². The molecule has 0 atom stereocenters. The second kappa shape index (κ2) is 8.50. The zero-order valence-electron chi connectivity index (χ0n) is 19.9. The molecule has 0 unspecified atom stereocenters. The van der Waals surface area contributed by atoms with Crippen LogP contribution in [0.5, 0.6) is 0 Å². The highest BCUT2D eigenvalue weighted by Crippen LogP contribution is 2.36. The third-order valence-corrected chi connectivity index (χ3v) is 6.61. The fraction of sp³-hybridized carbons (Fsp3) is 0. The first kappa shape index (κ1) is 21.1. The number of anilines is 1. The minimum Gasteiger partial charge on any atom is -0.399 e. The molecule has 0 fully saturated rings. The molecule has 7 rings (SSSR count). The van der Waals surface area contributed by atoms with Gasteiger partial charge in [-0.25, -0.2) is 9.97 Å². The van der Waals surface area contributed by atoms with E-state index in [-0.39, 0.29) is 0 Å². The molecule has 0 spiro atoms. The number of H-pyrrole nitrogens is 2. The van der Waals surface area contributed by atoms with Gasteiger partial charge in [-0.3, -0.25) is 0 Å². The molecule has 2 aliphatic rings. The number of nitrogens with two attached hydrogens (primary N) is 1. The molecule has 0 amide bonds. The molecule has 5 heteroatoms. The second-order valence-electron chi connectivity index (χ2n) is 9.23. The summed E-state index contributed by atoms with van der Waals surface area (Å²) in [4.78, 5) is 17.0. The van der Waals surface area contributed by atoms with Crippen LogP contribution in [0.15, 0.2) is 91.0 Å². The first-order chi connectivity index (χ1) is 18.2. The largest absolute Gasteiger partial charge is 0.399 e. The smallest absolute Gasteiger partial charge is 0.0737 e.